The second-order valence-electron chi connectivity index (χ2n) is 2.87. The van der Waals surface area contributed by atoms with Crippen LogP contribution in [0.5, 0.6) is 5.75 Å². The Hall–Kier alpha value is -1.66. The standard InChI is InChI=1S/C9H6ClN3O2S/c10-8-7(15)9(13-16-12-8)11-5-3-1-2-4-6(5)14/h1-4,14H,(H,11,13). The summed E-state index contributed by atoms with van der Waals surface area (Å²) in [6, 6.07) is 6.52. The summed E-state index contributed by atoms with van der Waals surface area (Å²) in [6.45, 7) is 0. The zero-order valence-electron chi connectivity index (χ0n) is 7.85. The van der Waals surface area contributed by atoms with Crippen molar-refractivity contribution in [1.29, 1.82) is 0 Å². The number of rotatable bonds is 2. The fourth-order valence-corrected chi connectivity index (χ4v) is 1.65. The van der Waals surface area contributed by atoms with Gasteiger partial charge in [-0.3, -0.25) is 4.79 Å². The minimum absolute atomic E-state index is 0.0293. The van der Waals surface area contributed by atoms with E-state index in [9.17, 15) is 9.90 Å². The summed E-state index contributed by atoms with van der Waals surface area (Å²) in [5, 5.41) is 12.0. The van der Waals surface area contributed by atoms with E-state index < -0.39 is 5.43 Å². The summed E-state index contributed by atoms with van der Waals surface area (Å²) in [6.07, 6.45) is 0. The molecule has 0 saturated carbocycles. The van der Waals surface area contributed by atoms with E-state index in [4.69, 9.17) is 11.6 Å². The minimum Gasteiger partial charge on any atom is -0.506 e. The lowest BCUT2D eigenvalue weighted by molar-refractivity contribution is 0.477. The molecular weight excluding hydrogens is 250 g/mol. The fourth-order valence-electron chi connectivity index (χ4n) is 1.06. The first-order valence-corrected chi connectivity index (χ1v) is 5.36. The average molecular weight is 256 g/mol. The lowest BCUT2D eigenvalue weighted by Gasteiger charge is -2.05. The molecule has 2 aromatic rings. The minimum atomic E-state index is -0.497. The van der Waals surface area contributed by atoms with Crippen LogP contribution in [0.15, 0.2) is 29.1 Å². The predicted molar refractivity (Wildman–Crippen MR) is 62.6 cm³/mol. The molecule has 0 saturated heterocycles. The van der Waals surface area contributed by atoms with Gasteiger partial charge in [-0.05, 0) is 12.1 Å². The van der Waals surface area contributed by atoms with Gasteiger partial charge in [0.2, 0.25) is 0 Å². The molecule has 0 aliphatic carbocycles. The quantitative estimate of drug-likeness (QED) is 0.803. The highest BCUT2D eigenvalue weighted by molar-refractivity contribution is 6.99. The van der Waals surface area contributed by atoms with Crippen molar-refractivity contribution in [3.8, 4) is 5.75 Å². The first kappa shape index (κ1) is 10.8. The van der Waals surface area contributed by atoms with E-state index in [-0.39, 0.29) is 16.7 Å². The molecule has 2 N–H and O–H groups in total. The maximum atomic E-state index is 11.5. The van der Waals surface area contributed by atoms with Crippen LogP contribution in [-0.4, -0.2) is 13.9 Å². The number of nitrogens with zero attached hydrogens (tertiary/aromatic N) is 2. The number of hydrogen-bond acceptors (Lipinski definition) is 6. The third-order valence-electron chi connectivity index (χ3n) is 1.81. The number of phenolic OH excluding ortho intramolecular Hbond substituents is 1. The zero-order chi connectivity index (χ0) is 11.5. The van der Waals surface area contributed by atoms with Crippen LogP contribution in [0.4, 0.5) is 11.5 Å². The highest BCUT2D eigenvalue weighted by atomic mass is 35.5. The Labute approximate surface area is 99.7 Å². The van der Waals surface area contributed by atoms with Crippen LogP contribution in [0.1, 0.15) is 0 Å². The van der Waals surface area contributed by atoms with Crippen LogP contribution in [-0.2, 0) is 0 Å². The van der Waals surface area contributed by atoms with Gasteiger partial charge < -0.3 is 10.4 Å². The molecule has 0 aliphatic heterocycles. The molecule has 16 heavy (non-hydrogen) atoms. The van der Waals surface area contributed by atoms with Crippen LogP contribution in [0.2, 0.25) is 5.15 Å². The number of aromatic hydroxyl groups is 1. The number of phenols is 1. The van der Waals surface area contributed by atoms with Crippen LogP contribution in [0.25, 0.3) is 0 Å². The third-order valence-corrected chi connectivity index (χ3v) is 2.70. The van der Waals surface area contributed by atoms with E-state index >= 15 is 0 Å². The van der Waals surface area contributed by atoms with Crippen molar-refractivity contribution in [1.82, 2.24) is 8.75 Å². The molecular formula is C9H6ClN3O2S. The van der Waals surface area contributed by atoms with Crippen molar-refractivity contribution in [3.05, 3.63) is 39.6 Å². The van der Waals surface area contributed by atoms with Crippen LogP contribution in [0.3, 0.4) is 0 Å². The van der Waals surface area contributed by atoms with Crippen molar-refractivity contribution >= 4 is 34.8 Å². The second-order valence-corrected chi connectivity index (χ2v) is 3.76. The molecule has 1 aromatic heterocycles. The monoisotopic (exact) mass is 255 g/mol. The normalized spacial score (nSPS) is 10.1. The molecule has 0 aliphatic rings. The zero-order valence-corrected chi connectivity index (χ0v) is 9.42. The highest BCUT2D eigenvalue weighted by Crippen LogP contribution is 2.23. The summed E-state index contributed by atoms with van der Waals surface area (Å²) in [5.41, 5.74) is -0.106. The van der Waals surface area contributed by atoms with Gasteiger partial charge in [-0.1, -0.05) is 23.7 Å². The Morgan fingerprint density at radius 1 is 1.31 bits per heavy atom. The SMILES string of the molecule is O=c1c(Cl)nsnc1Nc1ccccc1O. The Kier molecular flexibility index (Phi) is 3.02. The van der Waals surface area contributed by atoms with Gasteiger partial charge in [0.25, 0.3) is 5.43 Å². The van der Waals surface area contributed by atoms with Gasteiger partial charge in [-0.2, -0.15) is 8.75 Å². The summed E-state index contributed by atoms with van der Waals surface area (Å²) in [4.78, 5) is 11.5. The first-order valence-electron chi connectivity index (χ1n) is 4.26. The summed E-state index contributed by atoms with van der Waals surface area (Å²) in [7, 11) is 0. The Morgan fingerprint density at radius 3 is 2.81 bits per heavy atom. The maximum absolute atomic E-state index is 11.5. The molecule has 1 heterocycles. The van der Waals surface area contributed by atoms with Gasteiger partial charge in [-0.25, -0.2) is 0 Å². The fraction of sp³-hybridized carbons (Fsp3) is 0. The van der Waals surface area contributed by atoms with E-state index in [0.29, 0.717) is 5.69 Å². The predicted octanol–water partition coefficient (Wildman–Crippen LogP) is 2.00. The third kappa shape index (κ3) is 2.12. The van der Waals surface area contributed by atoms with Crippen LogP contribution >= 0.6 is 23.3 Å². The topological polar surface area (TPSA) is 75.1 Å². The lowest BCUT2D eigenvalue weighted by atomic mass is 10.3. The molecule has 1 aromatic carbocycles. The highest BCUT2D eigenvalue weighted by Gasteiger charge is 2.08. The molecule has 0 radical (unpaired) electrons. The lowest BCUT2D eigenvalue weighted by Crippen LogP contribution is -2.10. The molecule has 2 rings (SSSR count). The molecule has 5 nitrogen and oxygen atoms in total. The summed E-state index contributed by atoms with van der Waals surface area (Å²) < 4.78 is 7.37. The number of hydrogen-bond donors (Lipinski definition) is 2. The van der Waals surface area contributed by atoms with E-state index in [1.54, 1.807) is 18.2 Å². The average Bonchev–Trinajstić information content (AvgIpc) is 2.28. The van der Waals surface area contributed by atoms with Crippen molar-refractivity contribution in [3.63, 3.8) is 0 Å². The van der Waals surface area contributed by atoms with Gasteiger partial charge in [0.15, 0.2) is 11.0 Å². The smallest absolute Gasteiger partial charge is 0.260 e. The van der Waals surface area contributed by atoms with Gasteiger partial charge in [0.05, 0.1) is 17.4 Å². The van der Waals surface area contributed by atoms with E-state index in [2.05, 4.69) is 14.1 Å². The molecule has 0 bridgehead atoms. The summed E-state index contributed by atoms with van der Waals surface area (Å²) in [5.74, 6) is 0.0770. The van der Waals surface area contributed by atoms with Crippen LogP contribution in [0, 0.1) is 0 Å². The Morgan fingerprint density at radius 2 is 2.06 bits per heavy atom. The number of para-hydroxylation sites is 2. The van der Waals surface area contributed by atoms with Gasteiger partial charge in [0.1, 0.15) is 5.75 Å². The van der Waals surface area contributed by atoms with Gasteiger partial charge in [-0.15, -0.1) is 0 Å². The number of aromatic nitrogens is 2. The summed E-state index contributed by atoms with van der Waals surface area (Å²) >= 11 is 6.38. The molecule has 0 fully saturated rings. The van der Waals surface area contributed by atoms with E-state index in [0.717, 1.165) is 11.7 Å². The van der Waals surface area contributed by atoms with Crippen molar-refractivity contribution in [2.24, 2.45) is 0 Å². The number of halogens is 1. The van der Waals surface area contributed by atoms with Crippen molar-refractivity contribution in [2.45, 2.75) is 0 Å². The van der Waals surface area contributed by atoms with Crippen molar-refractivity contribution in [2.75, 3.05) is 5.32 Å². The van der Waals surface area contributed by atoms with E-state index in [1.807, 2.05) is 0 Å². The van der Waals surface area contributed by atoms with Crippen LogP contribution < -0.4 is 10.7 Å². The molecule has 0 unspecified atom stereocenters. The van der Waals surface area contributed by atoms with Crippen molar-refractivity contribution < 1.29 is 5.11 Å². The number of anilines is 2. The van der Waals surface area contributed by atoms with Gasteiger partial charge >= 0.3 is 0 Å². The van der Waals surface area contributed by atoms with Gasteiger partial charge in [0, 0.05) is 0 Å². The Bertz CT molecular complexity index is 573. The Balaban J connectivity index is 2.39. The maximum Gasteiger partial charge on any atom is 0.260 e. The van der Waals surface area contributed by atoms with E-state index in [1.165, 1.54) is 6.07 Å². The largest absolute Gasteiger partial charge is 0.506 e. The molecule has 82 valence electrons. The molecule has 0 amide bonds. The second kappa shape index (κ2) is 4.46. The molecule has 7 heteroatoms. The number of benzene rings is 1. The molecule has 0 atom stereocenters. The molecule has 0 spiro atoms. The first-order chi connectivity index (χ1) is 7.68. The number of nitrogens with one attached hydrogen (secondary N) is 1.